The Balaban J connectivity index is 1.64. The number of rotatable bonds is 6. The number of methoxy groups -OCH3 is 1. The van der Waals surface area contributed by atoms with Crippen LogP contribution < -0.4 is 9.64 Å². The van der Waals surface area contributed by atoms with Crippen molar-refractivity contribution in [2.24, 2.45) is 0 Å². The van der Waals surface area contributed by atoms with Gasteiger partial charge in [0.15, 0.2) is 5.76 Å². The number of ether oxygens (including phenoxy) is 1. The second kappa shape index (κ2) is 9.72. The predicted octanol–water partition coefficient (Wildman–Crippen LogP) is 6.27. The van der Waals surface area contributed by atoms with Gasteiger partial charge < -0.3 is 14.9 Å². The van der Waals surface area contributed by atoms with Gasteiger partial charge in [-0.1, -0.05) is 54.1 Å². The van der Waals surface area contributed by atoms with Crippen molar-refractivity contribution in [3.63, 3.8) is 0 Å². The Morgan fingerprint density at radius 1 is 1.05 bits per heavy atom. The maximum Gasteiger partial charge on any atom is 0.294 e. The summed E-state index contributed by atoms with van der Waals surface area (Å²) in [6.07, 6.45) is 0. The molecule has 0 spiro atoms. The van der Waals surface area contributed by atoms with Gasteiger partial charge in [0.25, 0.3) is 5.91 Å². The summed E-state index contributed by atoms with van der Waals surface area (Å²) >= 11 is 7.53. The number of hydrogen-bond acceptors (Lipinski definition) is 7. The van der Waals surface area contributed by atoms with Crippen molar-refractivity contribution >= 4 is 40.3 Å². The van der Waals surface area contributed by atoms with E-state index in [4.69, 9.17) is 16.3 Å². The lowest BCUT2D eigenvalue weighted by Crippen LogP contribution is -2.31. The summed E-state index contributed by atoms with van der Waals surface area (Å²) in [5, 5.41) is 22.1. The molecule has 2 heterocycles. The molecule has 7 nitrogen and oxygen atoms in total. The number of hydrogen-bond donors (Lipinski definition) is 2. The molecule has 0 bridgehead atoms. The zero-order valence-electron chi connectivity index (χ0n) is 19.8. The third-order valence-corrected chi connectivity index (χ3v) is 7.58. The van der Waals surface area contributed by atoms with Crippen molar-refractivity contribution in [2.45, 2.75) is 13.0 Å². The van der Waals surface area contributed by atoms with Gasteiger partial charge in [0.05, 0.1) is 34.3 Å². The smallest absolute Gasteiger partial charge is 0.294 e. The number of carbonyl (C=O) groups is 2. The molecule has 0 saturated heterocycles. The van der Waals surface area contributed by atoms with E-state index in [1.54, 1.807) is 31.2 Å². The second-order valence-corrected chi connectivity index (χ2v) is 9.79. The zero-order valence-corrected chi connectivity index (χ0v) is 21.4. The fourth-order valence-corrected chi connectivity index (χ4v) is 5.63. The summed E-state index contributed by atoms with van der Waals surface area (Å²) in [6.45, 7) is 1.72. The molecule has 1 atom stereocenters. The van der Waals surface area contributed by atoms with Crippen molar-refractivity contribution < 1.29 is 24.5 Å². The number of halogens is 1. The molecule has 5 rings (SSSR count). The van der Waals surface area contributed by atoms with E-state index in [0.29, 0.717) is 32.6 Å². The van der Waals surface area contributed by atoms with E-state index in [1.807, 2.05) is 30.3 Å². The van der Waals surface area contributed by atoms with E-state index in [0.717, 1.165) is 5.56 Å². The lowest BCUT2D eigenvalue weighted by Gasteiger charge is -2.27. The number of nitrogens with zero attached hydrogens (tertiary/aromatic N) is 2. The number of aliphatic hydroxyl groups is 1. The molecule has 0 aliphatic carbocycles. The normalized spacial score (nSPS) is 15.4. The molecule has 1 unspecified atom stereocenters. The molecule has 1 aromatic heterocycles. The highest BCUT2D eigenvalue weighted by molar-refractivity contribution is 7.17. The second-order valence-electron chi connectivity index (χ2n) is 8.38. The first-order chi connectivity index (χ1) is 17.8. The van der Waals surface area contributed by atoms with Gasteiger partial charge in [0.1, 0.15) is 16.5 Å². The number of Topliss-reactive ketones (excluding diaryl/α,β-unsaturated/α-hetero) is 1. The first kappa shape index (κ1) is 24.5. The van der Waals surface area contributed by atoms with Gasteiger partial charge in [-0.05, 0) is 42.8 Å². The van der Waals surface area contributed by atoms with Crippen LogP contribution in [0.2, 0.25) is 5.02 Å². The maximum absolute atomic E-state index is 13.9. The Morgan fingerprint density at radius 2 is 1.81 bits per heavy atom. The Morgan fingerprint density at radius 3 is 2.49 bits per heavy atom. The average Bonchev–Trinajstić information content (AvgIpc) is 3.41. The highest BCUT2D eigenvalue weighted by Crippen LogP contribution is 2.45. The van der Waals surface area contributed by atoms with Gasteiger partial charge in [0, 0.05) is 11.3 Å². The summed E-state index contributed by atoms with van der Waals surface area (Å²) in [5.41, 5.74) is 2.04. The van der Waals surface area contributed by atoms with Crippen LogP contribution in [0.3, 0.4) is 0 Å². The molecule has 3 aromatic carbocycles. The van der Waals surface area contributed by atoms with E-state index in [2.05, 4.69) is 4.98 Å². The summed E-state index contributed by atoms with van der Waals surface area (Å²) in [4.78, 5) is 33.5. The first-order valence-electron chi connectivity index (χ1n) is 11.3. The van der Waals surface area contributed by atoms with Crippen molar-refractivity contribution in [1.29, 1.82) is 0 Å². The van der Waals surface area contributed by atoms with Gasteiger partial charge in [-0.15, -0.1) is 11.3 Å². The number of carbonyl (C=O) groups excluding carboxylic acids is 2. The molecule has 186 valence electrons. The highest BCUT2D eigenvalue weighted by atomic mass is 35.5. The number of amides is 1. The minimum Gasteiger partial charge on any atom is -0.508 e. The van der Waals surface area contributed by atoms with Crippen molar-refractivity contribution in [3.05, 3.63) is 105 Å². The van der Waals surface area contributed by atoms with Crippen molar-refractivity contribution in [1.82, 2.24) is 4.98 Å². The molecule has 1 aliphatic rings. The van der Waals surface area contributed by atoms with E-state index < -0.39 is 23.5 Å². The van der Waals surface area contributed by atoms with E-state index in [-0.39, 0.29) is 16.3 Å². The molecule has 37 heavy (non-hydrogen) atoms. The van der Waals surface area contributed by atoms with Gasteiger partial charge >= 0.3 is 0 Å². The minimum absolute atomic E-state index is 0.0452. The Labute approximate surface area is 221 Å². The highest BCUT2D eigenvalue weighted by Gasteiger charge is 2.45. The Bertz CT molecular complexity index is 1560. The molecule has 0 fully saturated rings. The number of benzene rings is 3. The molecule has 1 aliphatic heterocycles. The van der Waals surface area contributed by atoms with Crippen LogP contribution in [-0.4, -0.2) is 34.0 Å². The monoisotopic (exact) mass is 532 g/mol. The largest absolute Gasteiger partial charge is 0.508 e. The molecular weight excluding hydrogens is 512 g/mol. The van der Waals surface area contributed by atoms with Crippen molar-refractivity contribution in [2.75, 3.05) is 12.0 Å². The number of ketones is 1. The van der Waals surface area contributed by atoms with Crippen LogP contribution in [-0.2, 0) is 4.79 Å². The van der Waals surface area contributed by atoms with E-state index in [1.165, 1.54) is 41.5 Å². The number of anilines is 1. The minimum atomic E-state index is -1.02. The fourth-order valence-electron chi connectivity index (χ4n) is 4.35. The van der Waals surface area contributed by atoms with E-state index >= 15 is 0 Å². The molecule has 9 heteroatoms. The van der Waals surface area contributed by atoms with Gasteiger partial charge in [-0.3, -0.25) is 14.5 Å². The van der Waals surface area contributed by atoms with Crippen LogP contribution in [0.25, 0.3) is 10.6 Å². The van der Waals surface area contributed by atoms with Gasteiger partial charge in [-0.25, -0.2) is 4.98 Å². The predicted molar refractivity (Wildman–Crippen MR) is 143 cm³/mol. The zero-order chi connectivity index (χ0) is 26.3. The number of aromatic nitrogens is 1. The van der Waals surface area contributed by atoms with E-state index in [9.17, 15) is 19.8 Å². The van der Waals surface area contributed by atoms with Crippen molar-refractivity contribution in [3.8, 4) is 22.1 Å². The Kier molecular flexibility index (Phi) is 6.45. The average molecular weight is 533 g/mol. The standard InChI is InChI=1S/C28H21ClN2O5S/c1-15-26(37-27(30-15)16-7-4-3-5-8-16)24(33)22-23(17-9-6-10-19(32)13-17)31(28(35)25(22)34)18-11-12-21(36-2)20(29)14-18/h3-14,23,32,34H,1-2H3. The lowest BCUT2D eigenvalue weighted by molar-refractivity contribution is -0.117. The molecule has 0 saturated carbocycles. The third-order valence-electron chi connectivity index (χ3n) is 6.08. The fraction of sp³-hybridized carbons (Fsp3) is 0.107. The number of aryl methyl sites for hydroxylation is 1. The molecule has 1 amide bonds. The van der Waals surface area contributed by atoms with Crippen LogP contribution in [0.1, 0.15) is 27.0 Å². The lowest BCUT2D eigenvalue weighted by atomic mass is 9.94. The third kappa shape index (κ3) is 4.34. The molecule has 0 radical (unpaired) electrons. The molecular formula is C28H21ClN2O5S. The van der Waals surface area contributed by atoms with Crippen LogP contribution in [0.5, 0.6) is 11.5 Å². The SMILES string of the molecule is COc1ccc(N2C(=O)C(O)=C(C(=O)c3sc(-c4ccccc4)nc3C)C2c2cccc(O)c2)cc1Cl. The quantitative estimate of drug-likeness (QED) is 0.284. The molecule has 2 N–H and O–H groups in total. The maximum atomic E-state index is 13.9. The Hall–Kier alpha value is -4.14. The summed E-state index contributed by atoms with van der Waals surface area (Å²) in [7, 11) is 1.47. The first-order valence-corrected chi connectivity index (χ1v) is 12.5. The van der Waals surface area contributed by atoms with Crippen LogP contribution >= 0.6 is 22.9 Å². The van der Waals surface area contributed by atoms with Crippen LogP contribution in [0.4, 0.5) is 5.69 Å². The summed E-state index contributed by atoms with van der Waals surface area (Å²) in [6, 6.07) is 19.4. The summed E-state index contributed by atoms with van der Waals surface area (Å²) < 4.78 is 5.22. The number of phenols is 1. The van der Waals surface area contributed by atoms with Gasteiger partial charge in [0.2, 0.25) is 5.78 Å². The number of phenolic OH excluding ortho intramolecular Hbond substituents is 1. The number of thiazole rings is 1. The number of aliphatic hydroxyl groups excluding tert-OH is 1. The molecule has 4 aromatic rings. The summed E-state index contributed by atoms with van der Waals surface area (Å²) in [5.74, 6) is -1.58. The van der Waals surface area contributed by atoms with Crippen LogP contribution in [0.15, 0.2) is 84.1 Å². The van der Waals surface area contributed by atoms with Gasteiger partial charge in [-0.2, -0.15) is 0 Å². The topological polar surface area (TPSA) is 100.0 Å². The number of aromatic hydroxyl groups is 1. The van der Waals surface area contributed by atoms with Crippen LogP contribution in [0, 0.1) is 6.92 Å².